The van der Waals surface area contributed by atoms with E-state index in [4.69, 9.17) is 10.2 Å². The molecular weight excluding hydrogens is 264 g/mol. The zero-order chi connectivity index (χ0) is 15.1. The van der Waals surface area contributed by atoms with E-state index >= 15 is 0 Å². The van der Waals surface area contributed by atoms with Crippen LogP contribution in [0.5, 0.6) is 0 Å². The van der Waals surface area contributed by atoms with Gasteiger partial charge in [-0.25, -0.2) is 4.79 Å². The molecule has 0 fully saturated rings. The molecule has 1 amide bonds. The molecule has 1 aromatic rings. The molecule has 7 nitrogen and oxygen atoms in total. The largest absolute Gasteiger partial charge is 0.481 e. The lowest BCUT2D eigenvalue weighted by Gasteiger charge is -2.14. The highest BCUT2D eigenvalue weighted by molar-refractivity contribution is 5.97. The molecule has 0 spiro atoms. The van der Waals surface area contributed by atoms with Gasteiger partial charge in [-0.05, 0) is 31.9 Å². The Kier molecular flexibility index (Phi) is 5.64. The lowest BCUT2D eigenvalue weighted by Crippen LogP contribution is -2.41. The van der Waals surface area contributed by atoms with E-state index in [0.717, 1.165) is 0 Å². The van der Waals surface area contributed by atoms with Gasteiger partial charge in [-0.15, -0.1) is 0 Å². The van der Waals surface area contributed by atoms with Gasteiger partial charge in [-0.3, -0.25) is 14.6 Å². The lowest BCUT2D eigenvalue weighted by atomic mass is 10.1. The summed E-state index contributed by atoms with van der Waals surface area (Å²) < 4.78 is 0. The van der Waals surface area contributed by atoms with Gasteiger partial charge in [0.15, 0.2) is 0 Å². The summed E-state index contributed by atoms with van der Waals surface area (Å²) >= 11 is 0. The first-order valence-corrected chi connectivity index (χ1v) is 6.09. The van der Waals surface area contributed by atoms with E-state index in [-0.39, 0.29) is 19.3 Å². The molecule has 0 unspecified atom stereocenters. The Morgan fingerprint density at radius 2 is 2.05 bits per heavy atom. The minimum absolute atomic E-state index is 0.0622. The molecule has 0 aliphatic heterocycles. The smallest absolute Gasteiger partial charge is 0.326 e. The van der Waals surface area contributed by atoms with Gasteiger partial charge in [0.1, 0.15) is 6.04 Å². The minimum atomic E-state index is -1.19. The Labute approximate surface area is 115 Å². The molecule has 0 aromatic carbocycles. The van der Waals surface area contributed by atoms with Crippen molar-refractivity contribution >= 4 is 17.8 Å². The Bertz CT molecular complexity index is 515. The lowest BCUT2D eigenvalue weighted by molar-refractivity contribution is -0.140. The molecule has 0 bridgehead atoms. The average Bonchev–Trinajstić information content (AvgIpc) is 2.37. The number of carbonyl (C=O) groups excluding carboxylic acids is 1. The normalized spacial score (nSPS) is 11.7. The van der Waals surface area contributed by atoms with Gasteiger partial charge in [0.25, 0.3) is 5.91 Å². The fourth-order valence-corrected chi connectivity index (χ4v) is 1.68. The molecule has 0 aliphatic rings. The summed E-state index contributed by atoms with van der Waals surface area (Å²) in [4.78, 5) is 37.3. The highest BCUT2D eigenvalue weighted by atomic mass is 16.4. The van der Waals surface area contributed by atoms with E-state index in [1.807, 2.05) is 0 Å². The molecule has 7 heteroatoms. The number of carboxylic acid groups (broad SMARTS) is 2. The van der Waals surface area contributed by atoms with Crippen molar-refractivity contribution in [1.29, 1.82) is 0 Å². The predicted octanol–water partition coefficient (Wildman–Crippen LogP) is 0.828. The molecule has 1 rings (SSSR count). The third-order valence-corrected chi connectivity index (χ3v) is 2.74. The quantitative estimate of drug-likeness (QED) is 0.681. The Morgan fingerprint density at radius 3 is 2.60 bits per heavy atom. The molecule has 20 heavy (non-hydrogen) atoms. The summed E-state index contributed by atoms with van der Waals surface area (Å²) in [5.74, 6) is -2.72. The van der Waals surface area contributed by atoms with E-state index in [1.165, 1.54) is 6.20 Å². The van der Waals surface area contributed by atoms with Crippen molar-refractivity contribution in [2.45, 2.75) is 32.2 Å². The summed E-state index contributed by atoms with van der Waals surface area (Å²) in [6, 6.07) is 2.03. The van der Waals surface area contributed by atoms with Crippen molar-refractivity contribution in [2.75, 3.05) is 0 Å². The molecule has 1 aromatic heterocycles. The van der Waals surface area contributed by atoms with Crippen LogP contribution < -0.4 is 5.32 Å². The van der Waals surface area contributed by atoms with Gasteiger partial charge in [0, 0.05) is 18.3 Å². The maximum absolute atomic E-state index is 11.9. The van der Waals surface area contributed by atoms with Gasteiger partial charge in [0.05, 0.1) is 5.56 Å². The van der Waals surface area contributed by atoms with Crippen molar-refractivity contribution in [3.05, 3.63) is 29.6 Å². The Morgan fingerprint density at radius 1 is 1.35 bits per heavy atom. The first-order chi connectivity index (χ1) is 9.41. The van der Waals surface area contributed by atoms with Crippen LogP contribution in [-0.2, 0) is 9.59 Å². The van der Waals surface area contributed by atoms with Crippen LogP contribution in [0, 0.1) is 6.92 Å². The maximum Gasteiger partial charge on any atom is 0.326 e. The zero-order valence-electron chi connectivity index (χ0n) is 11.0. The van der Waals surface area contributed by atoms with E-state index in [1.54, 1.807) is 19.1 Å². The third-order valence-electron chi connectivity index (χ3n) is 2.74. The van der Waals surface area contributed by atoms with Gasteiger partial charge in [0.2, 0.25) is 0 Å². The topological polar surface area (TPSA) is 117 Å². The molecule has 1 atom stereocenters. The number of aryl methyl sites for hydroxylation is 1. The van der Waals surface area contributed by atoms with E-state index in [9.17, 15) is 14.4 Å². The summed E-state index contributed by atoms with van der Waals surface area (Å²) in [6.07, 6.45) is 1.64. The number of pyridine rings is 1. The fourth-order valence-electron chi connectivity index (χ4n) is 1.68. The monoisotopic (exact) mass is 280 g/mol. The van der Waals surface area contributed by atoms with Crippen molar-refractivity contribution in [1.82, 2.24) is 10.3 Å². The maximum atomic E-state index is 11.9. The molecule has 0 aliphatic carbocycles. The van der Waals surface area contributed by atoms with Gasteiger partial charge >= 0.3 is 11.9 Å². The molecular formula is C13H16N2O5. The van der Waals surface area contributed by atoms with Crippen LogP contribution in [0.25, 0.3) is 0 Å². The first-order valence-electron chi connectivity index (χ1n) is 6.09. The Balaban J connectivity index is 2.66. The second-order valence-electron chi connectivity index (χ2n) is 4.29. The number of nitrogens with zero attached hydrogens (tertiary/aromatic N) is 1. The number of nitrogens with one attached hydrogen (secondary N) is 1. The van der Waals surface area contributed by atoms with Crippen molar-refractivity contribution in [2.24, 2.45) is 0 Å². The van der Waals surface area contributed by atoms with E-state index < -0.39 is 23.9 Å². The van der Waals surface area contributed by atoms with Gasteiger partial charge < -0.3 is 15.5 Å². The van der Waals surface area contributed by atoms with Crippen LogP contribution >= 0.6 is 0 Å². The van der Waals surface area contributed by atoms with Crippen LogP contribution in [0.4, 0.5) is 0 Å². The summed E-state index contributed by atoms with van der Waals surface area (Å²) in [7, 11) is 0. The molecule has 1 heterocycles. The van der Waals surface area contributed by atoms with E-state index in [2.05, 4.69) is 10.3 Å². The number of aliphatic carboxylic acids is 2. The Hall–Kier alpha value is -2.44. The van der Waals surface area contributed by atoms with E-state index in [0.29, 0.717) is 11.3 Å². The molecule has 0 saturated heterocycles. The summed E-state index contributed by atoms with van der Waals surface area (Å²) in [5, 5.41) is 19.9. The van der Waals surface area contributed by atoms with Gasteiger partial charge in [-0.1, -0.05) is 0 Å². The van der Waals surface area contributed by atoms with Crippen molar-refractivity contribution in [3.63, 3.8) is 0 Å². The minimum Gasteiger partial charge on any atom is -0.481 e. The SMILES string of the molecule is Cc1ncccc1C(=O)N[C@H](CCCC(=O)O)C(=O)O. The first kappa shape index (κ1) is 15.6. The highest BCUT2D eigenvalue weighted by Gasteiger charge is 2.21. The van der Waals surface area contributed by atoms with Crippen molar-refractivity contribution < 1.29 is 24.6 Å². The van der Waals surface area contributed by atoms with Crippen LogP contribution in [0.3, 0.4) is 0 Å². The number of hydrogen-bond donors (Lipinski definition) is 3. The second kappa shape index (κ2) is 7.22. The van der Waals surface area contributed by atoms with Crippen LogP contribution in [0.1, 0.15) is 35.3 Å². The molecule has 0 saturated carbocycles. The van der Waals surface area contributed by atoms with Crippen LogP contribution in [0.2, 0.25) is 0 Å². The molecule has 3 N–H and O–H groups in total. The predicted molar refractivity (Wildman–Crippen MR) is 69.4 cm³/mol. The number of hydrogen-bond acceptors (Lipinski definition) is 4. The summed E-state index contributed by atoms with van der Waals surface area (Å²) in [6.45, 7) is 1.65. The van der Waals surface area contributed by atoms with Gasteiger partial charge in [-0.2, -0.15) is 0 Å². The fraction of sp³-hybridized carbons (Fsp3) is 0.385. The number of aromatic nitrogens is 1. The number of carboxylic acids is 2. The molecule has 0 radical (unpaired) electrons. The van der Waals surface area contributed by atoms with Crippen LogP contribution in [-0.4, -0.2) is 39.1 Å². The highest BCUT2D eigenvalue weighted by Crippen LogP contribution is 2.07. The van der Waals surface area contributed by atoms with Crippen molar-refractivity contribution in [3.8, 4) is 0 Å². The average molecular weight is 280 g/mol. The third kappa shape index (κ3) is 4.68. The standard InChI is InChI=1S/C13H16N2O5/c1-8-9(4-3-7-14-8)12(18)15-10(13(19)20)5-2-6-11(16)17/h3-4,7,10H,2,5-6H2,1H3,(H,15,18)(H,16,17)(H,19,20)/t10-/m1/s1. The number of carbonyl (C=O) groups is 3. The zero-order valence-corrected chi connectivity index (χ0v) is 11.0. The number of rotatable bonds is 7. The summed E-state index contributed by atoms with van der Waals surface area (Å²) in [5.41, 5.74) is 0.802. The number of amides is 1. The molecule has 108 valence electrons. The van der Waals surface area contributed by atoms with Crippen LogP contribution in [0.15, 0.2) is 18.3 Å². The second-order valence-corrected chi connectivity index (χ2v) is 4.29.